The van der Waals surface area contributed by atoms with E-state index in [2.05, 4.69) is 56.7 Å². The summed E-state index contributed by atoms with van der Waals surface area (Å²) in [5.74, 6) is -2.17. The summed E-state index contributed by atoms with van der Waals surface area (Å²) in [5, 5.41) is 50.6. The fourth-order valence-corrected chi connectivity index (χ4v) is 11.2. The molecule has 5 aromatic rings. The predicted molar refractivity (Wildman–Crippen MR) is 392 cm³/mol. The monoisotopic (exact) mass is 1510 g/mol. The molecule has 1 aliphatic rings. The predicted octanol–water partition coefficient (Wildman–Crippen LogP) is 2.67. The van der Waals surface area contributed by atoms with Crippen LogP contribution in [-0.4, -0.2) is 299 Å². The zero-order valence-corrected chi connectivity index (χ0v) is 62.6. The summed E-state index contributed by atoms with van der Waals surface area (Å²) in [6.45, 7) is 14.2. The first-order chi connectivity index (χ1) is 51.8. The highest BCUT2D eigenvalue weighted by molar-refractivity contribution is 6.08. The number of nitrogens with two attached hydrogens (primary N) is 2. The van der Waals surface area contributed by atoms with E-state index in [9.17, 15) is 44.4 Å². The van der Waals surface area contributed by atoms with Gasteiger partial charge in [-0.05, 0) is 67.6 Å². The Hall–Kier alpha value is -7.23. The first-order valence-electron chi connectivity index (χ1n) is 36.5. The Bertz CT molecular complexity index is 3410. The molecule has 1 aliphatic heterocycles. The second-order valence-corrected chi connectivity index (χ2v) is 25.9. The van der Waals surface area contributed by atoms with E-state index in [1.807, 2.05) is 20.2 Å². The second kappa shape index (κ2) is 50.5. The Morgan fingerprint density at radius 2 is 1.11 bits per heavy atom. The summed E-state index contributed by atoms with van der Waals surface area (Å²) in [4.78, 5) is 73.0. The van der Waals surface area contributed by atoms with E-state index in [-0.39, 0.29) is 49.2 Å². The summed E-state index contributed by atoms with van der Waals surface area (Å²) in [7, 11) is 7.04. The first-order valence-corrected chi connectivity index (χ1v) is 36.5. The lowest BCUT2D eigenvalue weighted by Gasteiger charge is -2.38. The van der Waals surface area contributed by atoms with Gasteiger partial charge in [-0.25, -0.2) is 19.6 Å². The van der Waals surface area contributed by atoms with Crippen LogP contribution < -0.4 is 32.2 Å². The Balaban J connectivity index is 0.809. The number of ether oxygens (including phenoxy) is 15. The number of rotatable bonds is 59. The molecule has 3 amide bonds. The molecule has 1 fully saturated rings. The van der Waals surface area contributed by atoms with Crippen molar-refractivity contribution in [3.05, 3.63) is 88.7 Å². The molecule has 598 valence electrons. The molecule has 11 N–H and O–H groups in total. The van der Waals surface area contributed by atoms with Crippen LogP contribution in [0.1, 0.15) is 84.7 Å². The standard InChI is InChI=1S/C74H113N9O24/c1-6-7-11-61-81-64-65(56-18-17-55(73(92)94-5)48-58(56)80-70(64)76)82(61)49-52-12-14-53(15-13-52)50-83(2,3)51-54-16-19-60(106-74-68(88)66(86)67(87)69(107-74)72(90)91)59(47-54)79-63(85)20-23-78-71(89)57(75)10-8-9-22-77-62(84)21-24-95-27-28-97-31-32-99-35-36-101-39-40-103-43-44-105-46-45-104-42-41-102-38-37-100-34-33-98-30-29-96-26-25-93-4/h12-19,47-48,57,66-69,74,86-88H,6-11,20-46,49-51,75H2,1-5H3,(H5-,76,77,78,79,80,84,85,89,90,91)/p+1/t57-,66-,67-,68+,69-,74+/m0/s1. The molecule has 1 saturated heterocycles. The van der Waals surface area contributed by atoms with E-state index >= 15 is 0 Å². The summed E-state index contributed by atoms with van der Waals surface area (Å²) < 4.78 is 84.2. The van der Waals surface area contributed by atoms with Crippen LogP contribution in [0.4, 0.5) is 11.5 Å². The van der Waals surface area contributed by atoms with Gasteiger partial charge in [-0.2, -0.15) is 0 Å². The topological polar surface area (TPSA) is 424 Å². The summed E-state index contributed by atoms with van der Waals surface area (Å²) >= 11 is 0. The molecule has 0 spiro atoms. The highest BCUT2D eigenvalue weighted by atomic mass is 16.7. The van der Waals surface area contributed by atoms with Gasteiger partial charge < -0.3 is 128 Å². The number of carbonyl (C=O) groups excluding carboxylic acids is 4. The molecule has 0 aliphatic carbocycles. The van der Waals surface area contributed by atoms with Crippen LogP contribution in [-0.2, 0) is 112 Å². The van der Waals surface area contributed by atoms with Crippen LogP contribution >= 0.6 is 0 Å². The Morgan fingerprint density at radius 3 is 1.64 bits per heavy atom. The number of aliphatic hydroxyl groups is 3. The molecule has 3 aromatic carbocycles. The van der Waals surface area contributed by atoms with Crippen molar-refractivity contribution in [2.24, 2.45) is 5.73 Å². The largest absolute Gasteiger partial charge is 0.479 e. The van der Waals surface area contributed by atoms with Crippen molar-refractivity contribution >= 4 is 63.1 Å². The highest BCUT2D eigenvalue weighted by Gasteiger charge is 2.48. The van der Waals surface area contributed by atoms with E-state index in [1.54, 1.807) is 31.4 Å². The van der Waals surface area contributed by atoms with Crippen molar-refractivity contribution in [3.63, 3.8) is 0 Å². The normalized spacial score (nSPS) is 16.3. The minimum atomic E-state index is -1.96. The number of carboxylic acids is 1. The van der Waals surface area contributed by atoms with Gasteiger partial charge in [0.1, 0.15) is 48.5 Å². The number of hydrogen-bond donors (Lipinski definition) is 9. The molecule has 0 radical (unpaired) electrons. The number of carbonyl (C=O) groups is 5. The molecule has 33 heteroatoms. The van der Waals surface area contributed by atoms with Gasteiger partial charge in [-0.1, -0.05) is 37.6 Å². The zero-order chi connectivity index (χ0) is 77.0. The molecule has 2 aromatic heterocycles. The van der Waals surface area contributed by atoms with Crippen LogP contribution in [0.5, 0.6) is 5.75 Å². The van der Waals surface area contributed by atoms with Crippen LogP contribution in [0, 0.1) is 0 Å². The molecule has 33 nitrogen and oxygen atoms in total. The maximum atomic E-state index is 13.6. The number of quaternary nitrogens is 1. The van der Waals surface area contributed by atoms with E-state index in [4.69, 9.17) is 87.5 Å². The van der Waals surface area contributed by atoms with Gasteiger partial charge in [0.2, 0.25) is 24.0 Å². The summed E-state index contributed by atoms with van der Waals surface area (Å²) in [5.41, 5.74) is 18.0. The minimum Gasteiger partial charge on any atom is -0.479 e. The zero-order valence-electron chi connectivity index (χ0n) is 62.6. The molecule has 0 saturated carbocycles. The maximum absolute atomic E-state index is 13.6. The number of hydrogen-bond acceptors (Lipinski definition) is 27. The van der Waals surface area contributed by atoms with Gasteiger partial charge in [0.05, 0.1) is 201 Å². The Morgan fingerprint density at radius 1 is 0.589 bits per heavy atom. The molecular formula is C74H114N9O24+. The maximum Gasteiger partial charge on any atom is 0.337 e. The van der Waals surface area contributed by atoms with Crippen molar-refractivity contribution in [3.8, 4) is 5.75 Å². The molecular weight excluding hydrogens is 1400 g/mol. The summed E-state index contributed by atoms with van der Waals surface area (Å²) in [6.07, 6.45) is -5.47. The smallest absolute Gasteiger partial charge is 0.337 e. The van der Waals surface area contributed by atoms with E-state index in [0.29, 0.717) is 212 Å². The number of amides is 3. The van der Waals surface area contributed by atoms with Crippen molar-refractivity contribution in [2.45, 2.75) is 115 Å². The third kappa shape index (κ3) is 32.9. The van der Waals surface area contributed by atoms with Gasteiger partial charge in [0.15, 0.2) is 11.9 Å². The van der Waals surface area contributed by atoms with Gasteiger partial charge in [-0.15, -0.1) is 0 Å². The molecule has 0 unspecified atom stereocenters. The number of imidazole rings is 1. The molecule has 107 heavy (non-hydrogen) atoms. The number of aliphatic hydroxyl groups excluding tert-OH is 3. The number of anilines is 2. The molecule has 3 heterocycles. The average molecular weight is 1510 g/mol. The lowest BCUT2D eigenvalue weighted by Crippen LogP contribution is -2.61. The number of pyridine rings is 1. The van der Waals surface area contributed by atoms with E-state index < -0.39 is 60.5 Å². The number of nitrogen functional groups attached to an aromatic ring is 1. The van der Waals surface area contributed by atoms with Crippen molar-refractivity contribution < 1.29 is 120 Å². The van der Waals surface area contributed by atoms with Gasteiger partial charge in [-0.3, -0.25) is 14.4 Å². The van der Waals surface area contributed by atoms with Crippen LogP contribution in [0.2, 0.25) is 0 Å². The summed E-state index contributed by atoms with van der Waals surface area (Å²) in [6, 6.07) is 17.6. The number of fused-ring (bicyclic) bond motifs is 3. The van der Waals surface area contributed by atoms with Crippen LogP contribution in [0.25, 0.3) is 21.9 Å². The Labute approximate surface area is 625 Å². The second-order valence-electron chi connectivity index (χ2n) is 25.9. The number of aromatic nitrogens is 3. The average Bonchev–Trinajstić information content (AvgIpc) is 1.61. The Kier molecular flexibility index (Phi) is 41.8. The molecule has 0 bridgehead atoms. The van der Waals surface area contributed by atoms with E-state index in [1.165, 1.54) is 13.2 Å². The fourth-order valence-electron chi connectivity index (χ4n) is 11.2. The van der Waals surface area contributed by atoms with Gasteiger partial charge in [0.25, 0.3) is 0 Å². The third-order valence-corrected chi connectivity index (χ3v) is 16.8. The van der Waals surface area contributed by atoms with Crippen LogP contribution in [0.15, 0.2) is 60.7 Å². The highest BCUT2D eigenvalue weighted by Crippen LogP contribution is 2.34. The van der Waals surface area contributed by atoms with Gasteiger partial charge >= 0.3 is 11.9 Å². The quantitative estimate of drug-likeness (QED) is 0.0153. The number of unbranched alkanes of at least 4 members (excludes halogenated alkanes) is 2. The first kappa shape index (κ1) is 88.7. The SMILES string of the molecule is CCCCc1nc2c(N)nc3cc(C(=O)OC)ccc3c2n1Cc1ccc(C[N+](C)(C)Cc2ccc(O[C@@H]3O[C@H](C(=O)O)[C@@H](O)[C@H](O)[C@H]3O)c(NC(=O)CCNC(=O)[C@@H](N)CCCCNC(=O)CCOCCOCCOCCOCCOCCOCCOCCOCCOCCOCCOCCOC)c2)cc1. The number of benzene rings is 3. The number of esters is 1. The number of carboxylic acid groups (broad SMARTS) is 1. The van der Waals surface area contributed by atoms with Crippen LogP contribution in [0.3, 0.4) is 0 Å². The number of aliphatic carboxylic acids is 1. The lowest BCUT2D eigenvalue weighted by molar-refractivity contribution is -0.916. The third-order valence-electron chi connectivity index (χ3n) is 16.8. The number of aryl methyl sites for hydroxylation is 1. The number of nitrogens with one attached hydrogen (secondary N) is 3. The number of methoxy groups -OCH3 is 2. The molecule has 6 atom stereocenters. The van der Waals surface area contributed by atoms with E-state index in [0.717, 1.165) is 52.7 Å². The fraction of sp³-hybridized carbons (Fsp3) is 0.635. The van der Waals surface area contributed by atoms with Crippen molar-refractivity contribution in [1.29, 1.82) is 0 Å². The molecule has 6 rings (SSSR count). The lowest BCUT2D eigenvalue weighted by atomic mass is 9.99. The van der Waals surface area contributed by atoms with Gasteiger partial charge in [0, 0.05) is 62.5 Å². The van der Waals surface area contributed by atoms with Crippen molar-refractivity contribution in [2.75, 3.05) is 204 Å². The van der Waals surface area contributed by atoms with Crippen molar-refractivity contribution in [1.82, 2.24) is 25.2 Å². The number of nitrogens with zero attached hydrogens (tertiary/aromatic N) is 4. The minimum absolute atomic E-state index is 0.0407.